The maximum atomic E-state index is 13.7. The second-order valence-corrected chi connectivity index (χ2v) is 6.90. The number of ether oxygens (including phenoxy) is 1. The SMILES string of the molecule is CC1CN(S(=O)(=O)c2cc(F)c(Cl)c(CO)c2)CCO1. The number of hydrogen-bond acceptors (Lipinski definition) is 4. The van der Waals surface area contributed by atoms with E-state index >= 15 is 0 Å². The summed E-state index contributed by atoms with van der Waals surface area (Å²) in [5.74, 6) is -0.863. The summed E-state index contributed by atoms with van der Waals surface area (Å²) in [7, 11) is -3.82. The maximum absolute atomic E-state index is 13.7. The average molecular weight is 324 g/mol. The van der Waals surface area contributed by atoms with Crippen LogP contribution in [0.5, 0.6) is 0 Å². The van der Waals surface area contributed by atoms with Gasteiger partial charge in [0, 0.05) is 18.7 Å². The highest BCUT2D eigenvalue weighted by molar-refractivity contribution is 7.89. The minimum Gasteiger partial charge on any atom is -0.392 e. The summed E-state index contributed by atoms with van der Waals surface area (Å²) in [6, 6.07) is 2.07. The smallest absolute Gasteiger partial charge is 0.243 e. The summed E-state index contributed by atoms with van der Waals surface area (Å²) in [5, 5.41) is 8.84. The van der Waals surface area contributed by atoms with Gasteiger partial charge < -0.3 is 9.84 Å². The van der Waals surface area contributed by atoms with Gasteiger partial charge in [-0.1, -0.05) is 11.6 Å². The fourth-order valence-electron chi connectivity index (χ4n) is 2.04. The monoisotopic (exact) mass is 323 g/mol. The molecule has 1 atom stereocenters. The molecule has 0 saturated carbocycles. The van der Waals surface area contributed by atoms with Crippen LogP contribution in [0.1, 0.15) is 12.5 Å². The predicted octanol–water partition coefficient (Wildman–Crippen LogP) is 1.38. The summed E-state index contributed by atoms with van der Waals surface area (Å²) in [6.07, 6.45) is -0.215. The molecule has 0 amide bonds. The zero-order valence-electron chi connectivity index (χ0n) is 10.8. The van der Waals surface area contributed by atoms with Gasteiger partial charge in [-0.3, -0.25) is 0 Å². The molecule has 1 aromatic rings. The van der Waals surface area contributed by atoms with E-state index in [-0.39, 0.29) is 34.7 Å². The Hall–Kier alpha value is -0.730. The zero-order chi connectivity index (χ0) is 14.9. The van der Waals surface area contributed by atoms with Gasteiger partial charge in [0.05, 0.1) is 29.2 Å². The molecular formula is C12H15ClFNO4S. The second-order valence-electron chi connectivity index (χ2n) is 4.58. The van der Waals surface area contributed by atoms with Gasteiger partial charge in [0.15, 0.2) is 0 Å². The Morgan fingerprint density at radius 3 is 2.85 bits per heavy atom. The molecule has 0 aromatic heterocycles. The van der Waals surface area contributed by atoms with Crippen LogP contribution in [-0.2, 0) is 21.4 Å². The topological polar surface area (TPSA) is 66.8 Å². The number of morpholine rings is 1. The first kappa shape index (κ1) is 15.7. The van der Waals surface area contributed by atoms with E-state index in [1.54, 1.807) is 6.92 Å². The van der Waals surface area contributed by atoms with Crippen LogP contribution in [0.4, 0.5) is 4.39 Å². The minimum atomic E-state index is -3.82. The lowest BCUT2D eigenvalue weighted by Crippen LogP contribution is -2.44. The molecule has 20 heavy (non-hydrogen) atoms. The van der Waals surface area contributed by atoms with Crippen LogP contribution in [0.25, 0.3) is 0 Å². The number of nitrogens with zero attached hydrogens (tertiary/aromatic N) is 1. The standard InChI is InChI=1S/C12H15ClFNO4S/c1-8-6-15(2-3-19-8)20(17,18)10-4-9(7-16)12(13)11(14)5-10/h4-5,8,16H,2-3,6-7H2,1H3. The molecule has 2 rings (SSSR count). The van der Waals surface area contributed by atoms with E-state index in [1.165, 1.54) is 10.4 Å². The van der Waals surface area contributed by atoms with Crippen molar-refractivity contribution in [3.63, 3.8) is 0 Å². The Bertz CT molecular complexity index is 608. The van der Waals surface area contributed by atoms with Crippen molar-refractivity contribution in [2.24, 2.45) is 0 Å². The summed E-state index contributed by atoms with van der Waals surface area (Å²) >= 11 is 5.66. The third-order valence-electron chi connectivity index (χ3n) is 3.09. The largest absolute Gasteiger partial charge is 0.392 e. The van der Waals surface area contributed by atoms with Crippen LogP contribution in [-0.4, -0.2) is 43.6 Å². The fourth-order valence-corrected chi connectivity index (χ4v) is 3.77. The van der Waals surface area contributed by atoms with Crippen LogP contribution in [0.3, 0.4) is 0 Å². The molecule has 0 aliphatic carbocycles. The molecule has 0 radical (unpaired) electrons. The Kier molecular flexibility index (Phi) is 4.66. The summed E-state index contributed by atoms with van der Waals surface area (Å²) in [6.45, 7) is 1.96. The van der Waals surface area contributed by atoms with Crippen LogP contribution < -0.4 is 0 Å². The van der Waals surface area contributed by atoms with E-state index < -0.39 is 22.4 Å². The van der Waals surface area contributed by atoms with Gasteiger partial charge in [-0.25, -0.2) is 12.8 Å². The van der Waals surface area contributed by atoms with E-state index in [4.69, 9.17) is 21.4 Å². The van der Waals surface area contributed by atoms with Crippen molar-refractivity contribution in [3.8, 4) is 0 Å². The normalized spacial score (nSPS) is 21.1. The van der Waals surface area contributed by atoms with E-state index in [0.717, 1.165) is 6.07 Å². The molecule has 1 N–H and O–H groups in total. The van der Waals surface area contributed by atoms with Crippen molar-refractivity contribution in [1.29, 1.82) is 0 Å². The van der Waals surface area contributed by atoms with Gasteiger partial charge in [0.1, 0.15) is 5.82 Å². The van der Waals surface area contributed by atoms with Gasteiger partial charge >= 0.3 is 0 Å². The molecule has 5 nitrogen and oxygen atoms in total. The molecule has 8 heteroatoms. The summed E-state index contributed by atoms with van der Waals surface area (Å²) < 4.78 is 45.1. The van der Waals surface area contributed by atoms with Crippen molar-refractivity contribution < 1.29 is 22.7 Å². The van der Waals surface area contributed by atoms with E-state index in [0.29, 0.717) is 6.61 Å². The highest BCUT2D eigenvalue weighted by atomic mass is 35.5. The molecule has 1 saturated heterocycles. The molecule has 112 valence electrons. The van der Waals surface area contributed by atoms with Gasteiger partial charge in [-0.2, -0.15) is 4.31 Å². The Labute approximate surface area is 122 Å². The number of aliphatic hydroxyl groups is 1. The van der Waals surface area contributed by atoms with Gasteiger partial charge in [-0.05, 0) is 19.1 Å². The summed E-state index contributed by atoms with van der Waals surface area (Å²) in [5.41, 5.74) is 0.0477. The first-order valence-corrected chi connectivity index (χ1v) is 7.88. The molecule has 0 bridgehead atoms. The highest BCUT2D eigenvalue weighted by Gasteiger charge is 2.30. The number of rotatable bonds is 3. The number of aliphatic hydroxyl groups excluding tert-OH is 1. The van der Waals surface area contributed by atoms with E-state index in [1.807, 2.05) is 0 Å². The number of hydrogen-bond donors (Lipinski definition) is 1. The quantitative estimate of drug-likeness (QED) is 0.912. The first-order chi connectivity index (χ1) is 9.36. The molecule has 1 heterocycles. The third-order valence-corrected chi connectivity index (χ3v) is 5.36. The Morgan fingerprint density at radius 1 is 1.55 bits per heavy atom. The fraction of sp³-hybridized carbons (Fsp3) is 0.500. The molecule has 1 unspecified atom stereocenters. The van der Waals surface area contributed by atoms with Gasteiger partial charge in [0.2, 0.25) is 10.0 Å². The molecule has 1 aliphatic heterocycles. The van der Waals surface area contributed by atoms with Crippen LogP contribution in [0.15, 0.2) is 17.0 Å². The number of halogens is 2. The lowest BCUT2D eigenvalue weighted by molar-refractivity contribution is 0.0102. The zero-order valence-corrected chi connectivity index (χ0v) is 12.4. The third kappa shape index (κ3) is 2.96. The lowest BCUT2D eigenvalue weighted by Gasteiger charge is -2.30. The molecule has 0 spiro atoms. The second kappa shape index (κ2) is 5.95. The summed E-state index contributed by atoms with van der Waals surface area (Å²) in [4.78, 5) is -0.211. The molecule has 1 aliphatic rings. The Morgan fingerprint density at radius 2 is 2.25 bits per heavy atom. The first-order valence-electron chi connectivity index (χ1n) is 6.06. The number of benzene rings is 1. The van der Waals surface area contributed by atoms with Crippen molar-refractivity contribution in [2.75, 3.05) is 19.7 Å². The van der Waals surface area contributed by atoms with Crippen molar-refractivity contribution in [3.05, 3.63) is 28.5 Å². The van der Waals surface area contributed by atoms with Crippen LogP contribution >= 0.6 is 11.6 Å². The van der Waals surface area contributed by atoms with E-state index in [9.17, 15) is 12.8 Å². The predicted molar refractivity (Wildman–Crippen MR) is 71.5 cm³/mol. The van der Waals surface area contributed by atoms with Crippen molar-refractivity contribution in [2.45, 2.75) is 24.5 Å². The highest BCUT2D eigenvalue weighted by Crippen LogP contribution is 2.27. The van der Waals surface area contributed by atoms with Crippen molar-refractivity contribution in [1.82, 2.24) is 4.31 Å². The maximum Gasteiger partial charge on any atom is 0.243 e. The number of sulfonamides is 1. The lowest BCUT2D eigenvalue weighted by atomic mass is 10.2. The van der Waals surface area contributed by atoms with Gasteiger partial charge in [0.25, 0.3) is 0 Å². The average Bonchev–Trinajstić information content (AvgIpc) is 2.41. The molecular weight excluding hydrogens is 309 g/mol. The Balaban J connectivity index is 2.41. The van der Waals surface area contributed by atoms with Crippen molar-refractivity contribution >= 4 is 21.6 Å². The van der Waals surface area contributed by atoms with Crippen LogP contribution in [0.2, 0.25) is 5.02 Å². The molecule has 1 aromatic carbocycles. The van der Waals surface area contributed by atoms with Crippen LogP contribution in [0, 0.1) is 5.82 Å². The molecule has 1 fully saturated rings. The van der Waals surface area contributed by atoms with Gasteiger partial charge in [-0.15, -0.1) is 0 Å². The minimum absolute atomic E-state index is 0.0477. The van der Waals surface area contributed by atoms with E-state index in [2.05, 4.69) is 0 Å².